The molecule has 0 radical (unpaired) electrons. The normalized spacial score (nSPS) is 12.9. The van der Waals surface area contributed by atoms with E-state index in [1.54, 1.807) is 0 Å². The highest BCUT2D eigenvalue weighted by Crippen LogP contribution is 2.36. The highest BCUT2D eigenvalue weighted by atomic mass is 19.4. The molecule has 0 bridgehead atoms. The molecule has 8 heteroatoms. The van der Waals surface area contributed by atoms with E-state index in [0.29, 0.717) is 12.1 Å². The second-order valence-corrected chi connectivity index (χ2v) is 3.80. The summed E-state index contributed by atoms with van der Waals surface area (Å²) in [5.74, 6) is 0. The standard InChI is InChI=1S/C11H5F6NO/c12-10(13,14)5-1-2-8-6(3-5)7(11(15,16)17)4-9(19)18-8/h1-4H,(H,18,19). The number of halogens is 6. The Balaban J connectivity index is 2.84. The first-order valence-electron chi connectivity index (χ1n) is 4.90. The average Bonchev–Trinajstić information content (AvgIpc) is 2.24. The van der Waals surface area contributed by atoms with Crippen LogP contribution in [0, 0.1) is 0 Å². The summed E-state index contributed by atoms with van der Waals surface area (Å²) in [5, 5.41) is -0.693. The predicted molar refractivity (Wildman–Crippen MR) is 54.6 cm³/mol. The van der Waals surface area contributed by atoms with Gasteiger partial charge in [0.25, 0.3) is 0 Å². The molecule has 2 rings (SSSR count). The van der Waals surface area contributed by atoms with E-state index in [0.717, 1.165) is 6.07 Å². The zero-order chi connectivity index (χ0) is 14.4. The van der Waals surface area contributed by atoms with E-state index in [2.05, 4.69) is 4.98 Å². The van der Waals surface area contributed by atoms with Crippen LogP contribution in [-0.4, -0.2) is 4.98 Å². The summed E-state index contributed by atoms with van der Waals surface area (Å²) < 4.78 is 75.5. The lowest BCUT2D eigenvalue weighted by molar-refractivity contribution is -0.139. The number of H-pyrrole nitrogens is 1. The molecular formula is C11H5F6NO. The smallest absolute Gasteiger partial charge is 0.322 e. The number of rotatable bonds is 0. The van der Waals surface area contributed by atoms with E-state index in [-0.39, 0.29) is 11.6 Å². The highest BCUT2D eigenvalue weighted by Gasteiger charge is 2.35. The number of fused-ring (bicyclic) bond motifs is 1. The maximum atomic E-state index is 12.7. The fourth-order valence-corrected chi connectivity index (χ4v) is 1.66. The molecule has 1 aromatic heterocycles. The Kier molecular flexibility index (Phi) is 2.83. The maximum Gasteiger partial charge on any atom is 0.417 e. The number of pyridine rings is 1. The van der Waals surface area contributed by atoms with E-state index < -0.39 is 34.4 Å². The Morgan fingerprint density at radius 1 is 0.895 bits per heavy atom. The molecule has 0 aliphatic heterocycles. The van der Waals surface area contributed by atoms with Crippen LogP contribution in [0.1, 0.15) is 11.1 Å². The molecule has 1 heterocycles. The number of hydrogen-bond acceptors (Lipinski definition) is 1. The maximum absolute atomic E-state index is 12.7. The van der Waals surface area contributed by atoms with Crippen LogP contribution in [0.2, 0.25) is 0 Å². The summed E-state index contributed by atoms with van der Waals surface area (Å²) in [4.78, 5) is 13.1. The molecule has 0 unspecified atom stereocenters. The van der Waals surface area contributed by atoms with Gasteiger partial charge >= 0.3 is 12.4 Å². The molecule has 102 valence electrons. The monoisotopic (exact) mass is 281 g/mol. The van der Waals surface area contributed by atoms with Crippen molar-refractivity contribution < 1.29 is 26.3 Å². The lowest BCUT2D eigenvalue weighted by atomic mass is 10.1. The van der Waals surface area contributed by atoms with Crippen LogP contribution in [-0.2, 0) is 12.4 Å². The van der Waals surface area contributed by atoms with Crippen molar-refractivity contribution in [3.05, 3.63) is 45.7 Å². The van der Waals surface area contributed by atoms with Gasteiger partial charge in [-0.15, -0.1) is 0 Å². The van der Waals surface area contributed by atoms with E-state index in [1.807, 2.05) is 0 Å². The molecule has 0 spiro atoms. The zero-order valence-corrected chi connectivity index (χ0v) is 8.99. The molecule has 0 saturated heterocycles. The van der Waals surface area contributed by atoms with Crippen molar-refractivity contribution in [3.63, 3.8) is 0 Å². The third kappa shape index (κ3) is 2.56. The summed E-state index contributed by atoms with van der Waals surface area (Å²) in [6, 6.07) is 2.02. The van der Waals surface area contributed by atoms with Gasteiger partial charge in [0.1, 0.15) is 0 Å². The summed E-state index contributed by atoms with van der Waals surface area (Å²) in [6.45, 7) is 0. The Morgan fingerprint density at radius 2 is 1.53 bits per heavy atom. The van der Waals surface area contributed by atoms with Gasteiger partial charge in [0.05, 0.1) is 11.1 Å². The Morgan fingerprint density at radius 3 is 2.05 bits per heavy atom. The molecule has 0 aliphatic rings. The third-order valence-electron chi connectivity index (χ3n) is 2.48. The van der Waals surface area contributed by atoms with Gasteiger partial charge in [0.15, 0.2) is 0 Å². The Bertz CT molecular complexity index is 682. The number of aromatic nitrogens is 1. The first-order valence-corrected chi connectivity index (χ1v) is 4.90. The number of hydrogen-bond donors (Lipinski definition) is 1. The summed E-state index contributed by atoms with van der Waals surface area (Å²) in [7, 11) is 0. The first kappa shape index (κ1) is 13.4. The van der Waals surface area contributed by atoms with Crippen LogP contribution in [0.25, 0.3) is 10.9 Å². The minimum Gasteiger partial charge on any atom is -0.322 e. The van der Waals surface area contributed by atoms with Crippen LogP contribution in [0.5, 0.6) is 0 Å². The van der Waals surface area contributed by atoms with Crippen molar-refractivity contribution in [1.29, 1.82) is 0 Å². The molecule has 19 heavy (non-hydrogen) atoms. The minimum atomic E-state index is -4.91. The van der Waals surface area contributed by atoms with Gasteiger partial charge in [-0.1, -0.05) is 0 Å². The van der Waals surface area contributed by atoms with Gasteiger partial charge < -0.3 is 4.98 Å². The van der Waals surface area contributed by atoms with Crippen molar-refractivity contribution >= 4 is 10.9 Å². The first-order chi connectivity index (χ1) is 8.59. The van der Waals surface area contributed by atoms with Crippen molar-refractivity contribution in [2.24, 2.45) is 0 Å². The van der Waals surface area contributed by atoms with Gasteiger partial charge in [-0.25, -0.2) is 0 Å². The number of nitrogens with one attached hydrogen (secondary N) is 1. The van der Waals surface area contributed by atoms with Crippen molar-refractivity contribution in [1.82, 2.24) is 4.98 Å². The Hall–Kier alpha value is -1.99. The molecule has 0 saturated carbocycles. The summed E-state index contributed by atoms with van der Waals surface area (Å²) >= 11 is 0. The van der Waals surface area contributed by atoms with Crippen LogP contribution in [0.3, 0.4) is 0 Å². The van der Waals surface area contributed by atoms with Crippen molar-refractivity contribution in [2.45, 2.75) is 12.4 Å². The van der Waals surface area contributed by atoms with Crippen molar-refractivity contribution in [3.8, 4) is 0 Å². The van der Waals surface area contributed by atoms with Crippen molar-refractivity contribution in [2.75, 3.05) is 0 Å². The quantitative estimate of drug-likeness (QED) is 0.736. The SMILES string of the molecule is O=c1cc(C(F)(F)F)c2cc(C(F)(F)F)ccc2[nH]1. The fourth-order valence-electron chi connectivity index (χ4n) is 1.66. The van der Waals surface area contributed by atoms with Crippen LogP contribution >= 0.6 is 0 Å². The van der Waals surface area contributed by atoms with Gasteiger partial charge in [-0.2, -0.15) is 26.3 Å². The van der Waals surface area contributed by atoms with Gasteiger partial charge in [0, 0.05) is 17.0 Å². The number of aromatic amines is 1. The molecular weight excluding hydrogens is 276 g/mol. The second-order valence-electron chi connectivity index (χ2n) is 3.80. The number of benzene rings is 1. The fraction of sp³-hybridized carbons (Fsp3) is 0.182. The zero-order valence-electron chi connectivity index (χ0n) is 8.99. The number of alkyl halides is 6. The molecule has 0 fully saturated rings. The van der Waals surface area contributed by atoms with E-state index in [9.17, 15) is 31.1 Å². The Labute approximate surface area is 101 Å². The van der Waals surface area contributed by atoms with Gasteiger partial charge in [-0.05, 0) is 18.2 Å². The van der Waals surface area contributed by atoms with E-state index in [1.165, 1.54) is 0 Å². The van der Waals surface area contributed by atoms with Crippen LogP contribution in [0.15, 0.2) is 29.1 Å². The summed E-state index contributed by atoms with van der Waals surface area (Å²) in [5.41, 5.74) is -3.93. The molecule has 2 nitrogen and oxygen atoms in total. The molecule has 2 aromatic rings. The second kappa shape index (κ2) is 4.01. The van der Waals surface area contributed by atoms with E-state index in [4.69, 9.17) is 0 Å². The van der Waals surface area contributed by atoms with Gasteiger partial charge in [0.2, 0.25) is 5.56 Å². The average molecular weight is 281 g/mol. The lowest BCUT2D eigenvalue weighted by Crippen LogP contribution is -2.14. The molecule has 0 amide bonds. The largest absolute Gasteiger partial charge is 0.417 e. The highest BCUT2D eigenvalue weighted by molar-refractivity contribution is 5.83. The molecule has 0 aliphatic carbocycles. The molecule has 1 N–H and O–H groups in total. The van der Waals surface area contributed by atoms with Gasteiger partial charge in [-0.3, -0.25) is 4.79 Å². The van der Waals surface area contributed by atoms with E-state index >= 15 is 0 Å². The molecule has 0 atom stereocenters. The predicted octanol–water partition coefficient (Wildman–Crippen LogP) is 3.57. The topological polar surface area (TPSA) is 32.9 Å². The summed E-state index contributed by atoms with van der Waals surface area (Å²) in [6.07, 6.45) is -9.66. The van der Waals surface area contributed by atoms with Crippen LogP contribution in [0.4, 0.5) is 26.3 Å². The molecule has 1 aromatic carbocycles. The van der Waals surface area contributed by atoms with Crippen LogP contribution < -0.4 is 5.56 Å². The lowest BCUT2D eigenvalue weighted by Gasteiger charge is -2.12. The third-order valence-corrected chi connectivity index (χ3v) is 2.48. The minimum absolute atomic E-state index is 0.239.